The Hall–Kier alpha value is -1.99. The SMILES string of the molecule is COc1cc(/C=C2\SC(=NCCCO)NC2=O)ccc1O. The lowest BCUT2D eigenvalue weighted by Crippen LogP contribution is -2.20. The van der Waals surface area contributed by atoms with E-state index in [2.05, 4.69) is 10.3 Å². The zero-order valence-electron chi connectivity index (χ0n) is 11.5. The van der Waals surface area contributed by atoms with Crippen molar-refractivity contribution in [2.75, 3.05) is 20.3 Å². The van der Waals surface area contributed by atoms with Crippen LogP contribution in [0.1, 0.15) is 12.0 Å². The maximum Gasteiger partial charge on any atom is 0.264 e. The summed E-state index contributed by atoms with van der Waals surface area (Å²) >= 11 is 1.25. The lowest BCUT2D eigenvalue weighted by Gasteiger charge is -2.03. The number of carbonyl (C=O) groups excluding carboxylic acids is 1. The minimum atomic E-state index is -0.213. The van der Waals surface area contributed by atoms with Crippen LogP contribution in [-0.4, -0.2) is 41.5 Å². The number of benzene rings is 1. The minimum absolute atomic E-state index is 0.0504. The molecule has 1 aromatic rings. The zero-order valence-corrected chi connectivity index (χ0v) is 12.3. The highest BCUT2D eigenvalue weighted by Gasteiger charge is 2.23. The number of rotatable bonds is 5. The molecule has 112 valence electrons. The van der Waals surface area contributed by atoms with Crippen LogP contribution in [0.5, 0.6) is 11.5 Å². The summed E-state index contributed by atoms with van der Waals surface area (Å²) in [5.74, 6) is 0.189. The summed E-state index contributed by atoms with van der Waals surface area (Å²) in [4.78, 5) is 16.5. The number of aliphatic imine (C=N–C) groups is 1. The van der Waals surface area contributed by atoms with Gasteiger partial charge in [-0.1, -0.05) is 6.07 Å². The molecule has 1 aromatic carbocycles. The van der Waals surface area contributed by atoms with E-state index >= 15 is 0 Å². The topological polar surface area (TPSA) is 91.2 Å². The predicted molar refractivity (Wildman–Crippen MR) is 82.4 cm³/mol. The van der Waals surface area contributed by atoms with E-state index in [4.69, 9.17) is 9.84 Å². The number of thioether (sulfide) groups is 1. The molecular formula is C14H16N2O4S. The molecule has 0 aromatic heterocycles. The molecule has 3 N–H and O–H groups in total. The van der Waals surface area contributed by atoms with Crippen molar-refractivity contribution in [3.8, 4) is 11.5 Å². The van der Waals surface area contributed by atoms with Crippen molar-refractivity contribution >= 4 is 28.9 Å². The van der Waals surface area contributed by atoms with Gasteiger partial charge in [0.05, 0.1) is 12.0 Å². The number of phenols is 1. The van der Waals surface area contributed by atoms with Crippen molar-refractivity contribution in [2.45, 2.75) is 6.42 Å². The third-order valence-electron chi connectivity index (χ3n) is 2.72. The highest BCUT2D eigenvalue weighted by atomic mass is 32.2. The zero-order chi connectivity index (χ0) is 15.2. The molecular weight excluding hydrogens is 292 g/mol. The van der Waals surface area contributed by atoms with Crippen molar-refractivity contribution in [2.24, 2.45) is 4.99 Å². The number of aromatic hydroxyl groups is 1. The third-order valence-corrected chi connectivity index (χ3v) is 3.67. The molecule has 0 radical (unpaired) electrons. The Morgan fingerprint density at radius 2 is 2.29 bits per heavy atom. The van der Waals surface area contributed by atoms with Crippen LogP contribution in [0.4, 0.5) is 0 Å². The van der Waals surface area contributed by atoms with E-state index in [0.29, 0.717) is 28.8 Å². The van der Waals surface area contributed by atoms with E-state index in [9.17, 15) is 9.90 Å². The van der Waals surface area contributed by atoms with Crippen LogP contribution in [0.15, 0.2) is 28.1 Å². The number of methoxy groups -OCH3 is 1. The standard InChI is InChI=1S/C14H16N2O4S/c1-20-11-7-9(3-4-10(11)18)8-12-13(19)16-14(21-12)15-5-2-6-17/h3-4,7-8,17-18H,2,5-6H2,1H3,(H,15,16,19)/b12-8-. The molecule has 1 aliphatic rings. The highest BCUT2D eigenvalue weighted by Crippen LogP contribution is 2.30. The number of hydrogen-bond acceptors (Lipinski definition) is 6. The fourth-order valence-corrected chi connectivity index (χ4v) is 2.53. The van der Waals surface area contributed by atoms with Gasteiger partial charge in [0.15, 0.2) is 16.7 Å². The molecule has 1 aliphatic heterocycles. The van der Waals surface area contributed by atoms with Crippen LogP contribution in [0, 0.1) is 0 Å². The number of ether oxygens (including phenoxy) is 1. The molecule has 0 aliphatic carbocycles. The van der Waals surface area contributed by atoms with Gasteiger partial charge in [0.25, 0.3) is 5.91 Å². The maximum atomic E-state index is 11.8. The molecule has 1 fully saturated rings. The molecule has 0 spiro atoms. The monoisotopic (exact) mass is 308 g/mol. The number of phenolic OH excluding ortho intramolecular Hbond substituents is 1. The summed E-state index contributed by atoms with van der Waals surface area (Å²) in [6.07, 6.45) is 2.27. The Balaban J connectivity index is 2.14. The van der Waals surface area contributed by atoms with Crippen LogP contribution >= 0.6 is 11.8 Å². The van der Waals surface area contributed by atoms with Gasteiger partial charge in [0.1, 0.15) is 0 Å². The maximum absolute atomic E-state index is 11.8. The van der Waals surface area contributed by atoms with Gasteiger partial charge in [-0.15, -0.1) is 0 Å². The molecule has 1 amide bonds. The lowest BCUT2D eigenvalue weighted by atomic mass is 10.2. The molecule has 0 bridgehead atoms. The van der Waals surface area contributed by atoms with Crippen LogP contribution in [0.2, 0.25) is 0 Å². The summed E-state index contributed by atoms with van der Waals surface area (Å²) < 4.78 is 5.03. The fourth-order valence-electron chi connectivity index (χ4n) is 1.69. The number of nitrogens with zero attached hydrogens (tertiary/aromatic N) is 1. The van der Waals surface area contributed by atoms with Crippen LogP contribution in [0.3, 0.4) is 0 Å². The van der Waals surface area contributed by atoms with Gasteiger partial charge in [-0.05, 0) is 42.0 Å². The van der Waals surface area contributed by atoms with E-state index in [1.54, 1.807) is 18.2 Å². The number of aliphatic hydroxyl groups is 1. The Labute approximate surface area is 126 Å². The Bertz CT molecular complexity index is 599. The van der Waals surface area contributed by atoms with Crippen molar-refractivity contribution in [3.05, 3.63) is 28.7 Å². The normalized spacial score (nSPS) is 18.3. The van der Waals surface area contributed by atoms with Gasteiger partial charge >= 0.3 is 0 Å². The van der Waals surface area contributed by atoms with E-state index < -0.39 is 0 Å². The molecule has 7 heteroatoms. The molecule has 2 rings (SSSR count). The first-order chi connectivity index (χ1) is 10.1. The average Bonchev–Trinajstić information content (AvgIpc) is 2.81. The summed E-state index contributed by atoms with van der Waals surface area (Å²) in [5.41, 5.74) is 0.749. The van der Waals surface area contributed by atoms with Crippen molar-refractivity contribution in [3.63, 3.8) is 0 Å². The van der Waals surface area contributed by atoms with Crippen molar-refractivity contribution in [1.29, 1.82) is 0 Å². The number of carbonyl (C=O) groups is 1. The van der Waals surface area contributed by atoms with E-state index in [1.165, 1.54) is 24.9 Å². The van der Waals surface area contributed by atoms with Crippen molar-refractivity contribution in [1.82, 2.24) is 5.32 Å². The Morgan fingerprint density at radius 3 is 3.00 bits per heavy atom. The molecule has 21 heavy (non-hydrogen) atoms. The van der Waals surface area contributed by atoms with Gasteiger partial charge in [0.2, 0.25) is 0 Å². The third kappa shape index (κ3) is 3.99. The molecule has 0 saturated carbocycles. The largest absolute Gasteiger partial charge is 0.504 e. The van der Waals surface area contributed by atoms with Gasteiger partial charge < -0.3 is 20.3 Å². The smallest absolute Gasteiger partial charge is 0.264 e. The van der Waals surface area contributed by atoms with Crippen molar-refractivity contribution < 1.29 is 19.7 Å². The first-order valence-electron chi connectivity index (χ1n) is 6.37. The van der Waals surface area contributed by atoms with Crippen LogP contribution in [-0.2, 0) is 4.79 Å². The fraction of sp³-hybridized carbons (Fsp3) is 0.286. The number of nitrogens with one attached hydrogen (secondary N) is 1. The second-order valence-corrected chi connectivity index (χ2v) is 5.29. The molecule has 1 heterocycles. The van der Waals surface area contributed by atoms with Gasteiger partial charge in [-0.2, -0.15) is 0 Å². The number of hydrogen-bond donors (Lipinski definition) is 3. The highest BCUT2D eigenvalue weighted by molar-refractivity contribution is 8.18. The van der Waals surface area contributed by atoms with Gasteiger partial charge in [0, 0.05) is 13.2 Å². The molecule has 0 atom stereocenters. The number of amides is 1. The van der Waals surface area contributed by atoms with Crippen LogP contribution < -0.4 is 10.1 Å². The summed E-state index contributed by atoms with van der Waals surface area (Å²) in [6, 6.07) is 4.86. The molecule has 1 saturated heterocycles. The summed E-state index contributed by atoms with van der Waals surface area (Å²) in [7, 11) is 1.47. The number of aliphatic hydroxyl groups excluding tert-OH is 1. The van der Waals surface area contributed by atoms with Gasteiger partial charge in [-0.25, -0.2) is 0 Å². The van der Waals surface area contributed by atoms with E-state index in [1.807, 2.05) is 0 Å². The minimum Gasteiger partial charge on any atom is -0.504 e. The molecule has 0 unspecified atom stereocenters. The second-order valence-electron chi connectivity index (χ2n) is 4.26. The Morgan fingerprint density at radius 1 is 1.48 bits per heavy atom. The lowest BCUT2D eigenvalue weighted by molar-refractivity contribution is -0.115. The first-order valence-corrected chi connectivity index (χ1v) is 7.19. The summed E-state index contributed by atoms with van der Waals surface area (Å²) in [5, 5.41) is 21.4. The second kappa shape index (κ2) is 7.14. The van der Waals surface area contributed by atoms with Crippen LogP contribution in [0.25, 0.3) is 6.08 Å². The quantitative estimate of drug-likeness (QED) is 0.564. The molecule has 6 nitrogen and oxygen atoms in total. The number of amidine groups is 1. The van der Waals surface area contributed by atoms with Gasteiger partial charge in [-0.3, -0.25) is 9.79 Å². The summed E-state index contributed by atoms with van der Waals surface area (Å²) in [6.45, 7) is 0.546. The predicted octanol–water partition coefficient (Wildman–Crippen LogP) is 1.34. The average molecular weight is 308 g/mol. The first kappa shape index (κ1) is 15.4. The van der Waals surface area contributed by atoms with E-state index in [-0.39, 0.29) is 18.3 Å². The Kier molecular flexibility index (Phi) is 5.24. The van der Waals surface area contributed by atoms with E-state index in [0.717, 1.165) is 5.56 Å².